The highest BCUT2D eigenvalue weighted by Crippen LogP contribution is 2.48. The quantitative estimate of drug-likeness (QED) is 0.109. The van der Waals surface area contributed by atoms with Gasteiger partial charge in [-0.25, -0.2) is 4.57 Å². The summed E-state index contributed by atoms with van der Waals surface area (Å²) in [6.45, 7) is 23.6. The van der Waals surface area contributed by atoms with E-state index in [9.17, 15) is 0 Å². The molecule has 0 saturated carbocycles. The van der Waals surface area contributed by atoms with Crippen molar-refractivity contribution in [1.82, 2.24) is 4.40 Å². The van der Waals surface area contributed by atoms with E-state index in [1.807, 2.05) is 0 Å². The van der Waals surface area contributed by atoms with Gasteiger partial charge in [0.1, 0.15) is 7.05 Å². The van der Waals surface area contributed by atoms with Crippen LogP contribution in [0.1, 0.15) is 84.6 Å². The molecule has 7 rings (SSSR count). The van der Waals surface area contributed by atoms with Gasteiger partial charge >= 0.3 is 0 Å². The van der Waals surface area contributed by atoms with Crippen molar-refractivity contribution in [1.29, 1.82) is 0 Å². The first kappa shape index (κ1) is 27.2. The summed E-state index contributed by atoms with van der Waals surface area (Å²) in [7, 11) is 2.24. The summed E-state index contributed by atoms with van der Waals surface area (Å²) in [6.07, 6.45) is 3.28. The number of rotatable bonds is 1. The third kappa shape index (κ3) is 3.73. The molecule has 0 spiro atoms. The van der Waals surface area contributed by atoms with Crippen molar-refractivity contribution in [3.8, 4) is 0 Å². The van der Waals surface area contributed by atoms with Crippen LogP contribution in [0.4, 0.5) is 0 Å². The summed E-state index contributed by atoms with van der Waals surface area (Å²) < 4.78 is 5.04. The largest absolute Gasteiger partial charge is 0.307 e. The molecule has 0 bridgehead atoms. The molecule has 0 aliphatic rings. The van der Waals surface area contributed by atoms with Crippen molar-refractivity contribution in [2.45, 2.75) is 86.5 Å². The van der Waals surface area contributed by atoms with Gasteiger partial charge in [-0.3, -0.25) is 0 Å². The third-order valence-electron chi connectivity index (χ3n) is 9.52. The minimum atomic E-state index is 0.0124. The zero-order valence-corrected chi connectivity index (χ0v) is 27.4. The van der Waals surface area contributed by atoms with Gasteiger partial charge in [-0.05, 0) is 80.1 Å². The van der Waals surface area contributed by atoms with Crippen LogP contribution in [0, 0.1) is 12.3 Å². The number of fused-ring (bicyclic) bond motifs is 7. The number of hydrogen-bond acceptors (Lipinski definition) is 0. The fraction of sp³-hybridized carbons (Fsp3) is 0.375. The first-order valence-electron chi connectivity index (χ1n) is 15.6. The maximum Gasteiger partial charge on any atom is 0.224 e. The van der Waals surface area contributed by atoms with E-state index < -0.39 is 0 Å². The Morgan fingerprint density at radius 1 is 0.690 bits per heavy atom. The van der Waals surface area contributed by atoms with Crippen LogP contribution in [0.2, 0.25) is 0 Å². The molecule has 2 heteroatoms. The lowest BCUT2D eigenvalue weighted by molar-refractivity contribution is -0.643. The van der Waals surface area contributed by atoms with Crippen molar-refractivity contribution in [3.63, 3.8) is 0 Å². The van der Waals surface area contributed by atoms with Crippen molar-refractivity contribution in [3.05, 3.63) is 83.0 Å². The third-order valence-corrected chi connectivity index (χ3v) is 9.52. The van der Waals surface area contributed by atoms with Crippen LogP contribution in [0.15, 0.2) is 60.8 Å². The van der Waals surface area contributed by atoms with Gasteiger partial charge in [0.15, 0.2) is 6.20 Å². The number of pyridine rings is 2. The average Bonchev–Trinajstić information content (AvgIpc) is 3.24. The predicted molar refractivity (Wildman–Crippen MR) is 183 cm³/mol. The first-order chi connectivity index (χ1) is 19.6. The number of nitrogens with zero attached hydrogens (tertiary/aromatic N) is 2. The number of hydrogen-bond donors (Lipinski definition) is 0. The molecule has 2 nitrogen and oxygen atoms in total. The maximum atomic E-state index is 2.66. The van der Waals surface area contributed by atoms with E-state index in [2.05, 4.69) is 146 Å². The van der Waals surface area contributed by atoms with E-state index >= 15 is 0 Å². The van der Waals surface area contributed by atoms with Gasteiger partial charge in [0, 0.05) is 16.8 Å². The summed E-state index contributed by atoms with van der Waals surface area (Å²) in [5.74, 6) is 0. The molecule has 0 atom stereocenters. The lowest BCUT2D eigenvalue weighted by Gasteiger charge is -2.26. The Labute approximate surface area is 250 Å². The summed E-state index contributed by atoms with van der Waals surface area (Å²) >= 11 is 0. The predicted octanol–water partition coefficient (Wildman–Crippen LogP) is 10.5. The van der Waals surface area contributed by atoms with Crippen LogP contribution in [0.5, 0.6) is 0 Å². The van der Waals surface area contributed by atoms with E-state index in [0.717, 1.165) is 6.42 Å². The molecule has 3 heterocycles. The highest BCUT2D eigenvalue weighted by molar-refractivity contribution is 6.29. The van der Waals surface area contributed by atoms with Crippen molar-refractivity contribution in [2.24, 2.45) is 12.5 Å². The highest BCUT2D eigenvalue weighted by Gasteiger charge is 2.31. The van der Waals surface area contributed by atoms with Gasteiger partial charge in [-0.15, -0.1) is 0 Å². The Morgan fingerprint density at radius 2 is 1.40 bits per heavy atom. The number of aryl methyl sites for hydroxylation is 2. The Kier molecular flexibility index (Phi) is 5.48. The summed E-state index contributed by atoms with van der Waals surface area (Å²) in [5, 5.41) is 9.64. The molecule has 7 aromatic rings. The lowest BCUT2D eigenvalue weighted by atomic mass is 9.80. The lowest BCUT2D eigenvalue weighted by Crippen LogP contribution is -2.29. The molecule has 0 unspecified atom stereocenters. The van der Waals surface area contributed by atoms with Crippen molar-refractivity contribution >= 4 is 59.8 Å². The zero-order valence-electron chi connectivity index (χ0n) is 27.4. The minimum Gasteiger partial charge on any atom is -0.307 e. The van der Waals surface area contributed by atoms with Crippen LogP contribution in [-0.2, 0) is 24.3 Å². The number of benzene rings is 4. The summed E-state index contributed by atoms with van der Waals surface area (Å²) in [6, 6.07) is 21.2. The van der Waals surface area contributed by atoms with Gasteiger partial charge in [-0.1, -0.05) is 98.7 Å². The van der Waals surface area contributed by atoms with Crippen molar-refractivity contribution < 1.29 is 4.57 Å². The summed E-state index contributed by atoms with van der Waals surface area (Å²) in [4.78, 5) is 0. The van der Waals surface area contributed by atoms with Crippen LogP contribution in [-0.4, -0.2) is 4.40 Å². The fourth-order valence-electron chi connectivity index (χ4n) is 7.55. The molecule has 0 radical (unpaired) electrons. The molecule has 0 aliphatic carbocycles. The molecule has 0 fully saturated rings. The van der Waals surface area contributed by atoms with Crippen LogP contribution in [0.3, 0.4) is 0 Å². The smallest absolute Gasteiger partial charge is 0.224 e. The molecule has 214 valence electrons. The Balaban J connectivity index is 1.90. The van der Waals surface area contributed by atoms with Crippen molar-refractivity contribution in [2.75, 3.05) is 0 Å². The average molecular weight is 554 g/mol. The highest BCUT2D eigenvalue weighted by atomic mass is 15.0. The van der Waals surface area contributed by atoms with E-state index in [-0.39, 0.29) is 16.2 Å². The second-order valence-corrected chi connectivity index (χ2v) is 16.1. The van der Waals surface area contributed by atoms with Crippen LogP contribution in [0.25, 0.3) is 59.8 Å². The fourth-order valence-corrected chi connectivity index (χ4v) is 7.55. The topological polar surface area (TPSA) is 8.29 Å². The summed E-state index contributed by atoms with van der Waals surface area (Å²) in [5.41, 5.74) is 11.3. The Bertz CT molecular complexity index is 2220. The SMILES string of the molecule is Cc1c2cc(C(C)(C)C)ccc2c(CC(C)(C)C)c2c1c1c3c(cc[n+]1C)cc(C(C)(C)C)c1c4ccccc4n2c13. The molecule has 0 saturated heterocycles. The minimum absolute atomic E-state index is 0.0124. The number of aromatic nitrogens is 2. The number of para-hydroxylation sites is 1. The van der Waals surface area contributed by atoms with Gasteiger partial charge in [0.2, 0.25) is 5.52 Å². The monoisotopic (exact) mass is 553 g/mol. The Hall–Kier alpha value is -3.65. The standard InChI is InChI=1S/C40H45N2/c1-23-28-21-25(39(5,6)7)16-17-26(28)29(22-38(2,3)4)35-32(23)36-33-24(18-19-41(36)11)20-30(40(8,9)10)34-27-14-12-13-15-31(27)42(35)37(33)34/h12-21H,22H2,1-11H3/q+1. The second-order valence-electron chi connectivity index (χ2n) is 16.1. The first-order valence-corrected chi connectivity index (χ1v) is 15.6. The maximum absolute atomic E-state index is 2.66. The van der Waals surface area contributed by atoms with E-state index in [0.29, 0.717) is 0 Å². The zero-order chi connectivity index (χ0) is 30.1. The molecule has 0 aliphatic heterocycles. The van der Waals surface area contributed by atoms with E-state index in [1.54, 1.807) is 0 Å². The van der Waals surface area contributed by atoms with E-state index in [1.165, 1.54) is 82.0 Å². The normalized spacial score (nSPS) is 13.7. The van der Waals surface area contributed by atoms with Gasteiger partial charge in [0.05, 0.1) is 27.3 Å². The molecular formula is C40H45N2+. The van der Waals surface area contributed by atoms with Crippen LogP contribution >= 0.6 is 0 Å². The van der Waals surface area contributed by atoms with E-state index in [4.69, 9.17) is 0 Å². The molecular weight excluding hydrogens is 508 g/mol. The Morgan fingerprint density at radius 3 is 2.07 bits per heavy atom. The molecule has 0 N–H and O–H groups in total. The van der Waals surface area contributed by atoms with Gasteiger partial charge in [0.25, 0.3) is 0 Å². The van der Waals surface area contributed by atoms with Gasteiger partial charge in [-0.2, -0.15) is 0 Å². The molecule has 42 heavy (non-hydrogen) atoms. The second kappa shape index (κ2) is 8.47. The molecule has 4 aromatic carbocycles. The van der Waals surface area contributed by atoms with Crippen LogP contribution < -0.4 is 4.57 Å². The molecule has 3 aromatic heterocycles. The molecule has 0 amide bonds. The van der Waals surface area contributed by atoms with Gasteiger partial charge < -0.3 is 4.40 Å².